The van der Waals surface area contributed by atoms with Crippen molar-refractivity contribution in [1.82, 2.24) is 0 Å². The molecule has 1 saturated carbocycles. The Labute approximate surface area is 131 Å². The first-order chi connectivity index (χ1) is 10.6. The summed E-state index contributed by atoms with van der Waals surface area (Å²) in [6, 6.07) is 3.72. The minimum absolute atomic E-state index is 0.0948. The van der Waals surface area contributed by atoms with Crippen molar-refractivity contribution in [2.24, 2.45) is 5.92 Å². The van der Waals surface area contributed by atoms with E-state index in [2.05, 4.69) is 12.2 Å². The lowest BCUT2D eigenvalue weighted by atomic mass is 9.86. The summed E-state index contributed by atoms with van der Waals surface area (Å²) in [4.78, 5) is 10.9. The lowest BCUT2D eigenvalue weighted by Gasteiger charge is -2.26. The highest BCUT2D eigenvalue weighted by molar-refractivity contribution is 5.53. The Morgan fingerprint density at radius 3 is 2.45 bits per heavy atom. The van der Waals surface area contributed by atoms with E-state index in [-0.39, 0.29) is 10.6 Å². The number of benzene rings is 1. The normalized spacial score (nSPS) is 21.4. The van der Waals surface area contributed by atoms with Crippen LogP contribution in [-0.2, 0) is 6.54 Å². The number of nitro groups is 1. The van der Waals surface area contributed by atoms with Gasteiger partial charge in [0, 0.05) is 5.92 Å². The van der Waals surface area contributed by atoms with Crippen molar-refractivity contribution < 1.29 is 19.7 Å². The van der Waals surface area contributed by atoms with Gasteiger partial charge in [0.05, 0.1) is 36.8 Å². The predicted octanol–water partition coefficient (Wildman–Crippen LogP) is 2.25. The minimum atomic E-state index is -0.352. The number of nitrogens with two attached hydrogens (primary N) is 1. The Bertz CT molecular complexity index is 533. The largest absolute Gasteiger partial charge is 0.493 e. The Morgan fingerprint density at radius 2 is 1.86 bits per heavy atom. The first-order valence-corrected chi connectivity index (χ1v) is 7.79. The lowest BCUT2D eigenvalue weighted by molar-refractivity contribution is -0.712. The zero-order chi connectivity index (χ0) is 16.1. The topological polar surface area (TPSA) is 78.2 Å². The molecule has 1 aliphatic carbocycles. The highest BCUT2D eigenvalue weighted by Crippen LogP contribution is 2.34. The van der Waals surface area contributed by atoms with E-state index in [0.717, 1.165) is 0 Å². The van der Waals surface area contributed by atoms with E-state index < -0.39 is 0 Å². The van der Waals surface area contributed by atoms with E-state index >= 15 is 0 Å². The Balaban J connectivity index is 2.19. The van der Waals surface area contributed by atoms with Crippen LogP contribution in [0, 0.1) is 16.0 Å². The molecule has 0 bridgehead atoms. The van der Waals surface area contributed by atoms with Crippen molar-refractivity contribution in [3.05, 3.63) is 27.8 Å². The molecule has 6 heteroatoms. The third kappa shape index (κ3) is 3.68. The summed E-state index contributed by atoms with van der Waals surface area (Å²) in [6.45, 7) is 2.86. The summed E-state index contributed by atoms with van der Waals surface area (Å²) in [5.41, 5.74) is 0.776. The molecule has 0 aromatic heterocycles. The molecular formula is C16H25N2O4+. The van der Waals surface area contributed by atoms with E-state index in [1.807, 2.05) is 0 Å². The number of hydrogen-bond donors (Lipinski definition) is 1. The monoisotopic (exact) mass is 309 g/mol. The van der Waals surface area contributed by atoms with Crippen LogP contribution in [0.15, 0.2) is 12.1 Å². The standard InChI is InChI=1S/C16H24N2O4/c1-11-6-4-5-7-13(11)17-10-12-8-15(21-2)16(22-3)9-14(12)18(19)20/h8-9,11,13,17H,4-7,10H2,1-3H3/p+1/t11-,13+/m0/s1. The van der Waals surface area contributed by atoms with Gasteiger partial charge < -0.3 is 14.8 Å². The fourth-order valence-electron chi connectivity index (χ4n) is 3.22. The van der Waals surface area contributed by atoms with Gasteiger partial charge >= 0.3 is 0 Å². The second-order valence-electron chi connectivity index (χ2n) is 5.96. The first kappa shape index (κ1) is 16.5. The number of ether oxygens (including phenoxy) is 2. The summed E-state index contributed by atoms with van der Waals surface area (Å²) in [5, 5.41) is 13.5. The molecule has 2 rings (SSSR count). The van der Waals surface area contributed by atoms with E-state index in [0.29, 0.717) is 35.6 Å². The molecule has 0 amide bonds. The molecule has 0 radical (unpaired) electrons. The third-order valence-electron chi connectivity index (χ3n) is 4.60. The molecule has 122 valence electrons. The van der Waals surface area contributed by atoms with Crippen molar-refractivity contribution in [1.29, 1.82) is 0 Å². The van der Waals surface area contributed by atoms with Gasteiger partial charge in [-0.05, 0) is 25.3 Å². The molecule has 0 heterocycles. The smallest absolute Gasteiger partial charge is 0.282 e. The number of methoxy groups -OCH3 is 2. The number of quaternary nitrogens is 1. The van der Waals surface area contributed by atoms with Crippen molar-refractivity contribution in [3.8, 4) is 11.5 Å². The van der Waals surface area contributed by atoms with E-state index in [9.17, 15) is 10.1 Å². The molecule has 0 unspecified atom stereocenters. The fourth-order valence-corrected chi connectivity index (χ4v) is 3.22. The van der Waals surface area contributed by atoms with Crippen LogP contribution < -0.4 is 14.8 Å². The van der Waals surface area contributed by atoms with E-state index in [1.54, 1.807) is 13.2 Å². The van der Waals surface area contributed by atoms with Crippen molar-refractivity contribution in [2.75, 3.05) is 14.2 Å². The summed E-state index contributed by atoms with van der Waals surface area (Å²) in [6.07, 6.45) is 4.97. The van der Waals surface area contributed by atoms with Crippen molar-refractivity contribution in [2.45, 2.75) is 45.2 Å². The molecule has 1 aromatic rings. The van der Waals surface area contributed by atoms with Crippen LogP contribution in [-0.4, -0.2) is 25.2 Å². The van der Waals surface area contributed by atoms with Gasteiger partial charge in [-0.15, -0.1) is 0 Å². The second kappa shape index (κ2) is 7.45. The van der Waals surface area contributed by atoms with Crippen LogP contribution in [0.2, 0.25) is 0 Å². The number of rotatable bonds is 6. The second-order valence-corrected chi connectivity index (χ2v) is 5.96. The van der Waals surface area contributed by atoms with Crippen molar-refractivity contribution in [3.63, 3.8) is 0 Å². The molecule has 0 spiro atoms. The fraction of sp³-hybridized carbons (Fsp3) is 0.625. The summed E-state index contributed by atoms with van der Waals surface area (Å²) in [7, 11) is 3.03. The Kier molecular flexibility index (Phi) is 5.60. The molecular weight excluding hydrogens is 284 g/mol. The molecule has 1 fully saturated rings. The van der Waals surface area contributed by atoms with Crippen LogP contribution in [0.25, 0.3) is 0 Å². The van der Waals surface area contributed by atoms with Gasteiger partial charge in [-0.3, -0.25) is 10.1 Å². The van der Waals surface area contributed by atoms with E-state index in [1.165, 1.54) is 38.9 Å². The lowest BCUT2D eigenvalue weighted by Crippen LogP contribution is -2.90. The average Bonchev–Trinajstić information content (AvgIpc) is 2.53. The van der Waals surface area contributed by atoms with Gasteiger partial charge in [0.2, 0.25) is 0 Å². The SMILES string of the molecule is COc1cc(C[NH2+][C@@H]2CCCC[C@@H]2C)c([N+](=O)[O-])cc1OC. The maximum absolute atomic E-state index is 11.3. The Hall–Kier alpha value is -1.82. The van der Waals surface area contributed by atoms with Gasteiger partial charge in [0.15, 0.2) is 11.5 Å². The summed E-state index contributed by atoms with van der Waals surface area (Å²) >= 11 is 0. The quantitative estimate of drug-likeness (QED) is 0.646. The van der Waals surface area contributed by atoms with Crippen LogP contribution in [0.3, 0.4) is 0 Å². The third-order valence-corrected chi connectivity index (χ3v) is 4.60. The molecule has 22 heavy (non-hydrogen) atoms. The van der Waals surface area contributed by atoms with Crippen LogP contribution in [0.4, 0.5) is 5.69 Å². The van der Waals surface area contributed by atoms with Crippen LogP contribution >= 0.6 is 0 Å². The van der Waals surface area contributed by atoms with Crippen molar-refractivity contribution >= 4 is 5.69 Å². The van der Waals surface area contributed by atoms with Gasteiger partial charge in [-0.25, -0.2) is 0 Å². The number of hydrogen-bond acceptors (Lipinski definition) is 4. The number of nitro benzene ring substituents is 1. The summed E-state index contributed by atoms with van der Waals surface area (Å²) < 4.78 is 10.4. The highest BCUT2D eigenvalue weighted by Gasteiger charge is 2.26. The molecule has 6 nitrogen and oxygen atoms in total. The molecule has 1 aromatic carbocycles. The highest BCUT2D eigenvalue weighted by atomic mass is 16.6. The van der Waals surface area contributed by atoms with Crippen LogP contribution in [0.5, 0.6) is 11.5 Å². The summed E-state index contributed by atoms with van der Waals surface area (Å²) in [5.74, 6) is 1.59. The maximum atomic E-state index is 11.3. The maximum Gasteiger partial charge on any atom is 0.282 e. The van der Waals surface area contributed by atoms with Crippen LogP contribution in [0.1, 0.15) is 38.2 Å². The van der Waals surface area contributed by atoms with Gasteiger partial charge in [0.1, 0.15) is 6.54 Å². The predicted molar refractivity (Wildman–Crippen MR) is 83.2 cm³/mol. The molecule has 2 atom stereocenters. The number of nitrogens with zero attached hydrogens (tertiary/aromatic N) is 1. The first-order valence-electron chi connectivity index (χ1n) is 7.79. The minimum Gasteiger partial charge on any atom is -0.493 e. The zero-order valence-corrected chi connectivity index (χ0v) is 13.5. The molecule has 2 N–H and O–H groups in total. The Morgan fingerprint density at radius 1 is 1.23 bits per heavy atom. The van der Waals surface area contributed by atoms with Gasteiger partial charge in [-0.1, -0.05) is 13.3 Å². The molecule has 0 saturated heterocycles. The van der Waals surface area contributed by atoms with Gasteiger partial charge in [-0.2, -0.15) is 0 Å². The average molecular weight is 309 g/mol. The molecule has 0 aliphatic heterocycles. The zero-order valence-electron chi connectivity index (χ0n) is 13.5. The molecule has 1 aliphatic rings. The van der Waals surface area contributed by atoms with E-state index in [4.69, 9.17) is 9.47 Å². The van der Waals surface area contributed by atoms with Gasteiger partial charge in [0.25, 0.3) is 5.69 Å².